The third-order valence-corrected chi connectivity index (χ3v) is 11.2. The molecule has 10 aromatic rings. The monoisotopic (exact) mass is 679 g/mol. The lowest BCUT2D eigenvalue weighted by atomic mass is 9.81. The van der Waals surface area contributed by atoms with Gasteiger partial charge < -0.3 is 4.42 Å². The van der Waals surface area contributed by atoms with Crippen molar-refractivity contribution in [1.29, 1.82) is 0 Å². The van der Waals surface area contributed by atoms with Crippen LogP contribution in [0.5, 0.6) is 0 Å². The average Bonchev–Trinajstić information content (AvgIpc) is 3.84. The molecular formula is C49H33N3O. The third kappa shape index (κ3) is 4.36. The summed E-state index contributed by atoms with van der Waals surface area (Å²) < 4.78 is 9.06. The van der Waals surface area contributed by atoms with E-state index >= 15 is 0 Å². The van der Waals surface area contributed by atoms with Crippen molar-refractivity contribution in [1.82, 2.24) is 14.5 Å². The zero-order valence-corrected chi connectivity index (χ0v) is 29.3. The van der Waals surface area contributed by atoms with Gasteiger partial charge in [0.05, 0.1) is 27.8 Å². The van der Waals surface area contributed by atoms with Crippen LogP contribution in [0.3, 0.4) is 0 Å². The predicted octanol–water partition coefficient (Wildman–Crippen LogP) is 12.8. The van der Waals surface area contributed by atoms with Crippen molar-refractivity contribution in [3.63, 3.8) is 0 Å². The smallest absolute Gasteiger partial charge is 0.235 e. The van der Waals surface area contributed by atoms with Crippen molar-refractivity contribution in [3.05, 3.63) is 175 Å². The molecule has 1 aliphatic rings. The standard InChI is InChI=1S/C49H33N3O/c1-49(2)39-22-12-9-19-33(39)34-26-25-32(27-40(34)49)37-28-38-35-20-11-14-24-44(35)53-47(38)45-36-21-10-13-23-43(36)52(46(37)45)48-50-41(30-15-5-3-6-16-30)29-42(51-48)31-17-7-4-8-18-31/h3-29H,1-2H3. The molecule has 3 heterocycles. The summed E-state index contributed by atoms with van der Waals surface area (Å²) >= 11 is 0. The van der Waals surface area contributed by atoms with Crippen LogP contribution in [-0.4, -0.2) is 14.5 Å². The van der Waals surface area contributed by atoms with Crippen molar-refractivity contribution in [2.24, 2.45) is 0 Å². The molecule has 0 fully saturated rings. The van der Waals surface area contributed by atoms with Crippen LogP contribution in [0.2, 0.25) is 0 Å². The number of fused-ring (bicyclic) bond motifs is 10. The first-order valence-electron chi connectivity index (χ1n) is 18.2. The van der Waals surface area contributed by atoms with Crippen molar-refractivity contribution in [3.8, 4) is 50.7 Å². The highest BCUT2D eigenvalue weighted by atomic mass is 16.3. The van der Waals surface area contributed by atoms with E-state index in [1.807, 2.05) is 18.2 Å². The highest BCUT2D eigenvalue weighted by Crippen LogP contribution is 2.51. The van der Waals surface area contributed by atoms with E-state index in [2.05, 4.69) is 164 Å². The summed E-state index contributed by atoms with van der Waals surface area (Å²) in [5.41, 5.74) is 15.0. The van der Waals surface area contributed by atoms with Gasteiger partial charge in [-0.05, 0) is 58.1 Å². The minimum atomic E-state index is -0.141. The molecule has 0 saturated carbocycles. The third-order valence-electron chi connectivity index (χ3n) is 11.2. The molecule has 0 bridgehead atoms. The molecule has 0 spiro atoms. The summed E-state index contributed by atoms with van der Waals surface area (Å²) in [6.45, 7) is 4.68. The molecule has 0 N–H and O–H groups in total. The second kappa shape index (κ2) is 11.1. The van der Waals surface area contributed by atoms with E-state index in [0.29, 0.717) is 5.95 Å². The number of benzene rings is 7. The Kier molecular flexibility index (Phi) is 6.27. The van der Waals surface area contributed by atoms with Crippen molar-refractivity contribution in [2.45, 2.75) is 19.3 Å². The summed E-state index contributed by atoms with van der Waals surface area (Å²) in [4.78, 5) is 10.7. The molecule has 0 unspecified atom stereocenters. The van der Waals surface area contributed by atoms with Gasteiger partial charge in [0.15, 0.2) is 0 Å². The van der Waals surface area contributed by atoms with Gasteiger partial charge in [-0.3, -0.25) is 4.57 Å². The van der Waals surface area contributed by atoms with E-state index in [-0.39, 0.29) is 5.41 Å². The van der Waals surface area contributed by atoms with Crippen LogP contribution in [-0.2, 0) is 5.41 Å². The topological polar surface area (TPSA) is 43.9 Å². The van der Waals surface area contributed by atoms with Crippen LogP contribution >= 0.6 is 0 Å². The van der Waals surface area contributed by atoms with E-state index in [1.165, 1.54) is 22.3 Å². The van der Waals surface area contributed by atoms with Crippen molar-refractivity contribution >= 4 is 43.7 Å². The first-order chi connectivity index (χ1) is 26.0. The lowest BCUT2D eigenvalue weighted by Gasteiger charge is -2.22. The lowest BCUT2D eigenvalue weighted by Crippen LogP contribution is -2.14. The fraction of sp³-hybridized carbons (Fsp3) is 0.0612. The van der Waals surface area contributed by atoms with E-state index in [9.17, 15) is 0 Å². The number of nitrogens with zero attached hydrogens (tertiary/aromatic N) is 3. The van der Waals surface area contributed by atoms with Crippen LogP contribution < -0.4 is 0 Å². The van der Waals surface area contributed by atoms with E-state index in [1.54, 1.807) is 0 Å². The summed E-state index contributed by atoms with van der Waals surface area (Å²) in [6.07, 6.45) is 0. The molecule has 11 rings (SSSR count). The molecule has 53 heavy (non-hydrogen) atoms. The quantitative estimate of drug-likeness (QED) is 0.186. The first-order valence-corrected chi connectivity index (χ1v) is 18.2. The normalized spacial score (nSPS) is 13.2. The highest BCUT2D eigenvalue weighted by Gasteiger charge is 2.35. The van der Waals surface area contributed by atoms with Gasteiger partial charge >= 0.3 is 0 Å². The van der Waals surface area contributed by atoms with Gasteiger partial charge in [-0.1, -0.05) is 147 Å². The largest absolute Gasteiger partial charge is 0.455 e. The molecule has 250 valence electrons. The number of furan rings is 1. The second-order valence-electron chi connectivity index (χ2n) is 14.6. The minimum Gasteiger partial charge on any atom is -0.455 e. The van der Waals surface area contributed by atoms with Gasteiger partial charge in [-0.15, -0.1) is 0 Å². The molecule has 0 atom stereocenters. The molecule has 3 aromatic heterocycles. The van der Waals surface area contributed by atoms with Crippen LogP contribution in [0, 0.1) is 0 Å². The predicted molar refractivity (Wildman–Crippen MR) is 218 cm³/mol. The average molecular weight is 680 g/mol. The molecule has 1 aliphatic carbocycles. The molecule has 0 aliphatic heterocycles. The second-order valence-corrected chi connectivity index (χ2v) is 14.6. The Morgan fingerprint density at radius 1 is 0.491 bits per heavy atom. The maximum Gasteiger partial charge on any atom is 0.235 e. The zero-order valence-electron chi connectivity index (χ0n) is 29.3. The van der Waals surface area contributed by atoms with Gasteiger partial charge in [-0.2, -0.15) is 0 Å². The van der Waals surface area contributed by atoms with Crippen LogP contribution in [0.25, 0.3) is 94.5 Å². The van der Waals surface area contributed by atoms with Gasteiger partial charge in [0.25, 0.3) is 0 Å². The Balaban J connectivity index is 1.29. The summed E-state index contributed by atoms with van der Waals surface area (Å²) in [7, 11) is 0. The number of rotatable bonds is 4. The number of hydrogen-bond donors (Lipinski definition) is 0. The van der Waals surface area contributed by atoms with Crippen LogP contribution in [0.1, 0.15) is 25.0 Å². The molecule has 7 aromatic carbocycles. The molecule has 4 heteroatoms. The highest BCUT2D eigenvalue weighted by molar-refractivity contribution is 6.27. The van der Waals surface area contributed by atoms with Crippen molar-refractivity contribution in [2.75, 3.05) is 0 Å². The maximum absolute atomic E-state index is 6.80. The Labute approximate surface area is 306 Å². The number of hydrogen-bond acceptors (Lipinski definition) is 3. The summed E-state index contributed by atoms with van der Waals surface area (Å²) in [6, 6.07) is 58.0. The summed E-state index contributed by atoms with van der Waals surface area (Å²) in [5.74, 6) is 0.613. The molecule has 4 nitrogen and oxygen atoms in total. The van der Waals surface area contributed by atoms with Gasteiger partial charge in [0.1, 0.15) is 11.2 Å². The van der Waals surface area contributed by atoms with Gasteiger partial charge in [0.2, 0.25) is 5.95 Å². The fourth-order valence-corrected chi connectivity index (χ4v) is 8.68. The lowest BCUT2D eigenvalue weighted by molar-refractivity contribution is 0.660. The summed E-state index contributed by atoms with van der Waals surface area (Å²) in [5, 5.41) is 4.35. The van der Waals surface area contributed by atoms with E-state index < -0.39 is 0 Å². The zero-order chi connectivity index (χ0) is 35.3. The Hall–Kier alpha value is -6.78. The molecule has 0 saturated heterocycles. The van der Waals surface area contributed by atoms with E-state index in [0.717, 1.165) is 77.4 Å². The number of aromatic nitrogens is 3. The fourth-order valence-electron chi connectivity index (χ4n) is 8.68. The molecule has 0 amide bonds. The maximum atomic E-state index is 6.80. The van der Waals surface area contributed by atoms with Gasteiger partial charge in [-0.25, -0.2) is 9.97 Å². The van der Waals surface area contributed by atoms with Crippen LogP contribution in [0.15, 0.2) is 168 Å². The van der Waals surface area contributed by atoms with E-state index in [4.69, 9.17) is 14.4 Å². The molecular weight excluding hydrogens is 647 g/mol. The van der Waals surface area contributed by atoms with Gasteiger partial charge in [0, 0.05) is 38.3 Å². The minimum absolute atomic E-state index is 0.141. The number of para-hydroxylation sites is 2. The Morgan fingerprint density at radius 2 is 1.11 bits per heavy atom. The SMILES string of the molecule is CC1(C)c2ccccc2-c2ccc(-c3cc4c5ccccc5oc4c4c5ccccc5n(-c5nc(-c6ccccc6)cc(-c6ccccc6)n5)c34)cc21. The van der Waals surface area contributed by atoms with Crippen LogP contribution in [0.4, 0.5) is 0 Å². The Morgan fingerprint density at radius 3 is 1.87 bits per heavy atom. The first kappa shape index (κ1) is 29.9. The molecule has 0 radical (unpaired) electrons. The van der Waals surface area contributed by atoms with Crippen molar-refractivity contribution < 1.29 is 4.42 Å². The Bertz CT molecular complexity index is 3020.